The Hall–Kier alpha value is -3.28. The Morgan fingerprint density at radius 1 is 0.960 bits per heavy atom. The van der Waals surface area contributed by atoms with Gasteiger partial charge in [0.2, 0.25) is 0 Å². The minimum Gasteiger partial charge on any atom is -0.351 e. The first-order chi connectivity index (χ1) is 12.3. The van der Waals surface area contributed by atoms with Crippen LogP contribution in [0.5, 0.6) is 0 Å². The lowest BCUT2D eigenvalue weighted by atomic mass is 10.3. The summed E-state index contributed by atoms with van der Waals surface area (Å²) < 4.78 is 2.09. The van der Waals surface area contributed by atoms with Crippen LogP contribution in [0.1, 0.15) is 16.9 Å². The van der Waals surface area contributed by atoms with Gasteiger partial charge >= 0.3 is 0 Å². The van der Waals surface area contributed by atoms with Gasteiger partial charge < -0.3 is 9.88 Å². The molecule has 25 heavy (non-hydrogen) atoms. The molecule has 6 heteroatoms. The molecule has 0 saturated carbocycles. The number of amides is 1. The van der Waals surface area contributed by atoms with Gasteiger partial charge in [0, 0.05) is 13.1 Å². The standard InChI is InChI=1S/C19H17N5O/c25-19(17-12-21-14-6-1-2-7-15(14)23-17)20-10-5-11-24-13-22-16-8-3-4-9-18(16)24/h1-4,6-9,12-13H,5,10-11H2,(H,20,25). The number of rotatable bonds is 5. The molecule has 2 aromatic heterocycles. The molecular weight excluding hydrogens is 314 g/mol. The Labute approximate surface area is 144 Å². The Morgan fingerprint density at radius 3 is 2.60 bits per heavy atom. The van der Waals surface area contributed by atoms with Gasteiger partial charge in [-0.3, -0.25) is 9.78 Å². The van der Waals surface area contributed by atoms with Crippen molar-refractivity contribution < 1.29 is 4.79 Å². The van der Waals surface area contributed by atoms with Crippen molar-refractivity contribution in [3.8, 4) is 0 Å². The van der Waals surface area contributed by atoms with E-state index < -0.39 is 0 Å². The second kappa shape index (κ2) is 6.68. The molecule has 0 fully saturated rings. The third kappa shape index (κ3) is 3.19. The van der Waals surface area contributed by atoms with Crippen molar-refractivity contribution in [2.24, 2.45) is 0 Å². The number of para-hydroxylation sites is 4. The van der Waals surface area contributed by atoms with Gasteiger partial charge in [-0.15, -0.1) is 0 Å². The highest BCUT2D eigenvalue weighted by Crippen LogP contribution is 2.12. The van der Waals surface area contributed by atoms with Gasteiger partial charge in [-0.1, -0.05) is 24.3 Å². The summed E-state index contributed by atoms with van der Waals surface area (Å²) in [5.41, 5.74) is 3.94. The van der Waals surface area contributed by atoms with Crippen molar-refractivity contribution in [1.29, 1.82) is 0 Å². The lowest BCUT2D eigenvalue weighted by molar-refractivity contribution is 0.0948. The first-order valence-electron chi connectivity index (χ1n) is 8.21. The molecule has 1 amide bonds. The summed E-state index contributed by atoms with van der Waals surface area (Å²) in [6.45, 7) is 1.37. The number of nitrogens with zero attached hydrogens (tertiary/aromatic N) is 4. The fourth-order valence-corrected chi connectivity index (χ4v) is 2.80. The van der Waals surface area contributed by atoms with Gasteiger partial charge in [0.25, 0.3) is 5.91 Å². The predicted molar refractivity (Wildman–Crippen MR) is 96.2 cm³/mol. The molecule has 0 radical (unpaired) electrons. The Balaban J connectivity index is 1.35. The van der Waals surface area contributed by atoms with Gasteiger partial charge in [0.05, 0.1) is 34.6 Å². The Bertz CT molecular complexity index is 1040. The van der Waals surface area contributed by atoms with Crippen molar-refractivity contribution in [3.63, 3.8) is 0 Å². The van der Waals surface area contributed by atoms with E-state index in [4.69, 9.17) is 0 Å². The van der Waals surface area contributed by atoms with Crippen molar-refractivity contribution in [3.05, 3.63) is 66.7 Å². The first kappa shape index (κ1) is 15.3. The average molecular weight is 331 g/mol. The quantitative estimate of drug-likeness (QED) is 0.571. The number of fused-ring (bicyclic) bond motifs is 2. The maximum Gasteiger partial charge on any atom is 0.271 e. The van der Waals surface area contributed by atoms with Crippen LogP contribution in [0, 0.1) is 0 Å². The van der Waals surface area contributed by atoms with Gasteiger partial charge in [0.15, 0.2) is 0 Å². The minimum absolute atomic E-state index is 0.200. The fraction of sp³-hybridized carbons (Fsp3) is 0.158. The fourth-order valence-electron chi connectivity index (χ4n) is 2.80. The summed E-state index contributed by atoms with van der Waals surface area (Å²) in [4.78, 5) is 25.2. The summed E-state index contributed by atoms with van der Waals surface area (Å²) in [7, 11) is 0. The van der Waals surface area contributed by atoms with Gasteiger partial charge in [-0.05, 0) is 30.7 Å². The molecule has 0 bridgehead atoms. The number of imidazole rings is 1. The van der Waals surface area contributed by atoms with Gasteiger partial charge in [-0.2, -0.15) is 0 Å². The molecule has 0 spiro atoms. The first-order valence-corrected chi connectivity index (χ1v) is 8.21. The average Bonchev–Trinajstić information content (AvgIpc) is 3.08. The van der Waals surface area contributed by atoms with Crippen LogP contribution < -0.4 is 5.32 Å². The molecule has 6 nitrogen and oxygen atoms in total. The summed E-state index contributed by atoms with van der Waals surface area (Å²) >= 11 is 0. The highest BCUT2D eigenvalue weighted by atomic mass is 16.1. The van der Waals surface area contributed by atoms with E-state index >= 15 is 0 Å². The second-order valence-electron chi connectivity index (χ2n) is 5.78. The van der Waals surface area contributed by atoms with Crippen molar-refractivity contribution in [1.82, 2.24) is 24.8 Å². The lowest BCUT2D eigenvalue weighted by Gasteiger charge is -2.07. The molecule has 4 aromatic rings. The molecule has 0 saturated heterocycles. The molecule has 4 rings (SSSR count). The molecule has 2 aromatic carbocycles. The minimum atomic E-state index is -0.200. The van der Waals surface area contributed by atoms with Crippen molar-refractivity contribution >= 4 is 28.0 Å². The molecule has 0 aliphatic carbocycles. The van der Waals surface area contributed by atoms with Crippen LogP contribution in [0.3, 0.4) is 0 Å². The van der Waals surface area contributed by atoms with Crippen LogP contribution in [0.4, 0.5) is 0 Å². The summed E-state index contributed by atoms with van der Waals surface area (Å²) in [6, 6.07) is 15.5. The molecule has 0 aliphatic heterocycles. The summed E-state index contributed by atoms with van der Waals surface area (Å²) in [5.74, 6) is -0.200. The lowest BCUT2D eigenvalue weighted by Crippen LogP contribution is -2.26. The maximum absolute atomic E-state index is 12.2. The number of benzene rings is 2. The summed E-state index contributed by atoms with van der Waals surface area (Å²) in [5, 5.41) is 2.90. The molecular formula is C19H17N5O. The van der Waals surface area contributed by atoms with E-state index in [1.807, 2.05) is 54.9 Å². The van der Waals surface area contributed by atoms with E-state index in [0.29, 0.717) is 12.2 Å². The number of nitrogens with one attached hydrogen (secondary N) is 1. The number of carbonyl (C=O) groups is 1. The topological polar surface area (TPSA) is 72.7 Å². The molecule has 0 aliphatic rings. The monoisotopic (exact) mass is 331 g/mol. The smallest absolute Gasteiger partial charge is 0.271 e. The zero-order valence-electron chi connectivity index (χ0n) is 13.6. The highest BCUT2D eigenvalue weighted by molar-refractivity contribution is 5.93. The Kier molecular flexibility index (Phi) is 4.08. The van der Waals surface area contributed by atoms with Crippen molar-refractivity contribution in [2.45, 2.75) is 13.0 Å². The number of aryl methyl sites for hydroxylation is 1. The van der Waals surface area contributed by atoms with Crippen molar-refractivity contribution in [2.75, 3.05) is 6.54 Å². The molecule has 0 atom stereocenters. The predicted octanol–water partition coefficient (Wildman–Crippen LogP) is 2.80. The maximum atomic E-state index is 12.2. The largest absolute Gasteiger partial charge is 0.351 e. The number of hydrogen-bond acceptors (Lipinski definition) is 4. The van der Waals surface area contributed by atoms with E-state index in [0.717, 1.165) is 35.0 Å². The van der Waals surface area contributed by atoms with E-state index in [9.17, 15) is 4.79 Å². The zero-order valence-corrected chi connectivity index (χ0v) is 13.6. The van der Waals surface area contributed by atoms with Crippen LogP contribution >= 0.6 is 0 Å². The molecule has 1 N–H and O–H groups in total. The molecule has 124 valence electrons. The SMILES string of the molecule is O=C(NCCCn1cnc2ccccc21)c1cnc2ccccc2n1. The number of carbonyl (C=O) groups excluding carboxylic acids is 1. The van der Waals surface area contributed by atoms with Gasteiger partial charge in [0.1, 0.15) is 5.69 Å². The van der Waals surface area contributed by atoms with E-state index in [2.05, 4.69) is 24.8 Å². The number of hydrogen-bond donors (Lipinski definition) is 1. The third-order valence-electron chi connectivity index (χ3n) is 4.07. The van der Waals surface area contributed by atoms with Crippen LogP contribution in [-0.4, -0.2) is 32.0 Å². The van der Waals surface area contributed by atoms with E-state index in [1.165, 1.54) is 6.20 Å². The molecule has 0 unspecified atom stereocenters. The highest BCUT2D eigenvalue weighted by Gasteiger charge is 2.08. The molecule has 2 heterocycles. The van der Waals surface area contributed by atoms with Crippen LogP contribution in [-0.2, 0) is 6.54 Å². The second-order valence-corrected chi connectivity index (χ2v) is 5.78. The zero-order chi connectivity index (χ0) is 17.1. The Morgan fingerprint density at radius 2 is 1.72 bits per heavy atom. The van der Waals surface area contributed by atoms with Crippen LogP contribution in [0.25, 0.3) is 22.1 Å². The number of aromatic nitrogens is 4. The van der Waals surface area contributed by atoms with Gasteiger partial charge in [-0.25, -0.2) is 9.97 Å². The van der Waals surface area contributed by atoms with Crippen LogP contribution in [0.2, 0.25) is 0 Å². The summed E-state index contributed by atoms with van der Waals surface area (Å²) in [6.07, 6.45) is 4.16. The third-order valence-corrected chi connectivity index (χ3v) is 4.07. The van der Waals surface area contributed by atoms with E-state index in [-0.39, 0.29) is 5.91 Å². The van der Waals surface area contributed by atoms with Crippen LogP contribution in [0.15, 0.2) is 61.1 Å². The normalized spacial score (nSPS) is 11.0. The van der Waals surface area contributed by atoms with E-state index in [1.54, 1.807) is 0 Å².